The van der Waals surface area contributed by atoms with Crippen molar-refractivity contribution in [1.82, 2.24) is 0 Å². The lowest BCUT2D eigenvalue weighted by Crippen LogP contribution is -2.04. The maximum atomic E-state index is 12.5. The monoisotopic (exact) mass is 282 g/mol. The molecule has 0 radical (unpaired) electrons. The van der Waals surface area contributed by atoms with Crippen molar-refractivity contribution in [3.05, 3.63) is 53.6 Å². The number of rotatable bonds is 2. The summed E-state index contributed by atoms with van der Waals surface area (Å²) in [6.45, 7) is 0. The van der Waals surface area contributed by atoms with Crippen LogP contribution in [0.1, 0.15) is 11.1 Å². The first-order chi connectivity index (χ1) is 8.91. The fourth-order valence-electron chi connectivity index (χ4n) is 1.70. The van der Waals surface area contributed by atoms with E-state index in [1.807, 2.05) is 0 Å². The molecule has 2 rings (SSSR count). The van der Waals surface area contributed by atoms with E-state index in [1.165, 1.54) is 23.6 Å². The Kier molecular flexibility index (Phi) is 3.57. The molecule has 2 aromatic rings. The Bertz CT molecular complexity index is 603. The minimum Gasteiger partial charge on any atom is -0.507 e. The molecule has 1 N–H and O–H groups in total. The van der Waals surface area contributed by atoms with Gasteiger partial charge in [-0.3, -0.25) is 0 Å². The highest BCUT2D eigenvalue weighted by atomic mass is 32.1. The Morgan fingerprint density at radius 2 is 1.63 bits per heavy atom. The summed E-state index contributed by atoms with van der Waals surface area (Å²) in [6, 6.07) is 9.35. The zero-order chi connectivity index (χ0) is 14.0. The largest absolute Gasteiger partial charge is 0.507 e. The predicted octanol–water partition coefficient (Wildman–Crippen LogP) is 4.43. The third-order valence-corrected chi connectivity index (χ3v) is 2.95. The molecule has 0 aromatic heterocycles. The molecule has 0 amide bonds. The van der Waals surface area contributed by atoms with E-state index in [4.69, 9.17) is 12.2 Å². The van der Waals surface area contributed by atoms with Gasteiger partial charge in [-0.2, -0.15) is 13.2 Å². The molecule has 1 nitrogen and oxygen atoms in total. The molecule has 2 aromatic carbocycles. The average molecular weight is 282 g/mol. The minimum absolute atomic E-state index is 0.000332. The molecule has 5 heteroatoms. The van der Waals surface area contributed by atoms with E-state index >= 15 is 0 Å². The highest BCUT2D eigenvalue weighted by Crippen LogP contribution is 2.33. The van der Waals surface area contributed by atoms with E-state index in [0.29, 0.717) is 16.7 Å². The maximum absolute atomic E-state index is 12.5. The van der Waals surface area contributed by atoms with Crippen molar-refractivity contribution in [3.63, 3.8) is 0 Å². The van der Waals surface area contributed by atoms with Gasteiger partial charge in [-0.15, -0.1) is 0 Å². The molecular weight excluding hydrogens is 273 g/mol. The Morgan fingerprint density at radius 3 is 2.16 bits per heavy atom. The van der Waals surface area contributed by atoms with Crippen molar-refractivity contribution in [1.29, 1.82) is 0 Å². The van der Waals surface area contributed by atoms with Gasteiger partial charge in [0, 0.05) is 10.9 Å². The summed E-state index contributed by atoms with van der Waals surface area (Å²) in [4.78, 5) is 0. The minimum atomic E-state index is -4.36. The van der Waals surface area contributed by atoms with Crippen LogP contribution in [0.25, 0.3) is 11.1 Å². The molecule has 0 aliphatic carbocycles. The zero-order valence-corrected chi connectivity index (χ0v) is 10.4. The lowest BCUT2D eigenvalue weighted by atomic mass is 10.0. The van der Waals surface area contributed by atoms with Crippen molar-refractivity contribution in [2.24, 2.45) is 0 Å². The highest BCUT2D eigenvalue weighted by Gasteiger charge is 2.30. The molecule has 0 atom stereocenters. The van der Waals surface area contributed by atoms with Gasteiger partial charge < -0.3 is 5.11 Å². The fourth-order valence-corrected chi connectivity index (χ4v) is 1.84. The molecule has 0 heterocycles. The second kappa shape index (κ2) is 5.01. The molecule has 0 saturated carbocycles. The number of hydrogen-bond donors (Lipinski definition) is 1. The van der Waals surface area contributed by atoms with E-state index in [-0.39, 0.29) is 5.75 Å². The number of phenols is 1. The van der Waals surface area contributed by atoms with E-state index in [2.05, 4.69) is 0 Å². The van der Waals surface area contributed by atoms with Gasteiger partial charge >= 0.3 is 6.18 Å². The van der Waals surface area contributed by atoms with Gasteiger partial charge in [0.05, 0.1) is 5.56 Å². The highest BCUT2D eigenvalue weighted by molar-refractivity contribution is 7.79. The first-order valence-corrected chi connectivity index (χ1v) is 5.85. The van der Waals surface area contributed by atoms with Crippen LogP contribution in [0.15, 0.2) is 42.5 Å². The van der Waals surface area contributed by atoms with Crippen molar-refractivity contribution >= 4 is 17.6 Å². The van der Waals surface area contributed by atoms with Crippen molar-refractivity contribution < 1.29 is 18.3 Å². The Labute approximate surface area is 113 Å². The Morgan fingerprint density at radius 1 is 1.00 bits per heavy atom. The summed E-state index contributed by atoms with van der Waals surface area (Å²) in [5.41, 5.74) is 0.945. The van der Waals surface area contributed by atoms with E-state index < -0.39 is 11.7 Å². The van der Waals surface area contributed by atoms with Crippen LogP contribution in [-0.2, 0) is 6.18 Å². The van der Waals surface area contributed by atoms with Crippen LogP contribution < -0.4 is 0 Å². The molecule has 0 saturated heterocycles. The van der Waals surface area contributed by atoms with Gasteiger partial charge in [0.1, 0.15) is 5.75 Å². The quantitative estimate of drug-likeness (QED) is 0.822. The standard InChI is InChI=1S/C14H9F3OS/c15-14(16,17)11-4-2-10(3-5-11)12-7-9(8-19)1-6-13(12)18/h1-8,18H. The lowest BCUT2D eigenvalue weighted by molar-refractivity contribution is -0.137. The van der Waals surface area contributed by atoms with Gasteiger partial charge in [0.15, 0.2) is 0 Å². The number of thiocarbonyl (C=S) groups is 1. The maximum Gasteiger partial charge on any atom is 0.416 e. The molecule has 0 aliphatic rings. The number of alkyl halides is 3. The number of phenolic OH excluding ortho intramolecular Hbond substituents is 1. The Balaban J connectivity index is 2.45. The molecule has 98 valence electrons. The third kappa shape index (κ3) is 2.93. The van der Waals surface area contributed by atoms with Crippen LogP contribution in [-0.4, -0.2) is 10.5 Å². The fraction of sp³-hybridized carbons (Fsp3) is 0.0714. The molecule has 0 fully saturated rings. The number of benzene rings is 2. The second-order valence-electron chi connectivity index (χ2n) is 3.97. The van der Waals surface area contributed by atoms with Crippen LogP contribution in [0.5, 0.6) is 5.75 Å². The van der Waals surface area contributed by atoms with E-state index in [9.17, 15) is 18.3 Å². The summed E-state index contributed by atoms with van der Waals surface area (Å²) in [5.74, 6) is 0.000332. The summed E-state index contributed by atoms with van der Waals surface area (Å²) in [5, 5.41) is 11.2. The van der Waals surface area contributed by atoms with E-state index in [0.717, 1.165) is 12.1 Å². The van der Waals surface area contributed by atoms with Gasteiger partial charge in [-0.05, 0) is 35.4 Å². The summed E-state index contributed by atoms with van der Waals surface area (Å²) < 4.78 is 37.4. The van der Waals surface area contributed by atoms with Crippen LogP contribution in [0.4, 0.5) is 13.2 Å². The van der Waals surface area contributed by atoms with E-state index in [1.54, 1.807) is 12.1 Å². The molecule has 0 spiro atoms. The Hall–Kier alpha value is -1.88. The average Bonchev–Trinajstić information content (AvgIpc) is 2.38. The molecule has 0 bridgehead atoms. The topological polar surface area (TPSA) is 20.2 Å². The normalized spacial score (nSPS) is 11.3. The second-order valence-corrected chi connectivity index (χ2v) is 4.21. The smallest absolute Gasteiger partial charge is 0.416 e. The lowest BCUT2D eigenvalue weighted by Gasteiger charge is -2.09. The zero-order valence-electron chi connectivity index (χ0n) is 9.61. The summed E-state index contributed by atoms with van der Waals surface area (Å²) in [6.07, 6.45) is -4.36. The first-order valence-electron chi connectivity index (χ1n) is 5.37. The van der Waals surface area contributed by atoms with Crippen LogP contribution in [0, 0.1) is 0 Å². The van der Waals surface area contributed by atoms with Crippen LogP contribution in [0.3, 0.4) is 0 Å². The van der Waals surface area contributed by atoms with Crippen molar-refractivity contribution in [2.75, 3.05) is 0 Å². The van der Waals surface area contributed by atoms with Crippen molar-refractivity contribution in [3.8, 4) is 16.9 Å². The number of halogens is 3. The molecular formula is C14H9F3OS. The molecule has 19 heavy (non-hydrogen) atoms. The number of hydrogen-bond acceptors (Lipinski definition) is 2. The van der Waals surface area contributed by atoms with Gasteiger partial charge in [0.2, 0.25) is 0 Å². The predicted molar refractivity (Wildman–Crippen MR) is 71.3 cm³/mol. The summed E-state index contributed by atoms with van der Waals surface area (Å²) in [7, 11) is 0. The third-order valence-electron chi connectivity index (χ3n) is 2.68. The van der Waals surface area contributed by atoms with Gasteiger partial charge in [0.25, 0.3) is 0 Å². The first kappa shape index (κ1) is 13.5. The summed E-state index contributed by atoms with van der Waals surface area (Å²) >= 11 is 4.79. The van der Waals surface area contributed by atoms with Crippen LogP contribution in [0.2, 0.25) is 0 Å². The van der Waals surface area contributed by atoms with Crippen LogP contribution >= 0.6 is 12.2 Å². The van der Waals surface area contributed by atoms with Gasteiger partial charge in [-0.25, -0.2) is 0 Å². The molecule has 0 aliphatic heterocycles. The SMILES string of the molecule is Oc1ccc(C=S)cc1-c1ccc(C(F)(F)F)cc1. The molecule has 0 unspecified atom stereocenters. The van der Waals surface area contributed by atoms with Crippen molar-refractivity contribution in [2.45, 2.75) is 6.18 Å². The number of aromatic hydroxyl groups is 1. The van der Waals surface area contributed by atoms with Gasteiger partial charge in [-0.1, -0.05) is 30.4 Å².